The van der Waals surface area contributed by atoms with Crippen molar-refractivity contribution in [1.29, 1.82) is 5.26 Å². The Bertz CT molecular complexity index is 435. The lowest BCUT2D eigenvalue weighted by Gasteiger charge is -2.08. The number of rotatable bonds is 10. The number of anilines is 1. The van der Waals surface area contributed by atoms with Gasteiger partial charge in [0.1, 0.15) is 6.07 Å². The molecule has 0 unspecified atom stereocenters. The average molecular weight is 299 g/mol. The lowest BCUT2D eigenvalue weighted by molar-refractivity contribution is 0.0272. The molecule has 0 fully saturated rings. The Labute approximate surface area is 124 Å². The maximum absolute atomic E-state index is 8.77. The molecule has 0 aliphatic carbocycles. The number of nitriles is 1. The Morgan fingerprint density at radius 3 is 2.50 bits per heavy atom. The van der Waals surface area contributed by atoms with Crippen LogP contribution >= 0.6 is 11.6 Å². The molecule has 0 aromatic heterocycles. The van der Waals surface area contributed by atoms with E-state index in [2.05, 4.69) is 5.32 Å². The van der Waals surface area contributed by atoms with Crippen molar-refractivity contribution < 1.29 is 14.2 Å². The largest absolute Gasteiger partial charge is 0.383 e. The van der Waals surface area contributed by atoms with E-state index in [9.17, 15) is 0 Å². The van der Waals surface area contributed by atoms with Crippen LogP contribution in [-0.2, 0) is 14.2 Å². The number of halogens is 1. The van der Waals surface area contributed by atoms with Crippen molar-refractivity contribution in [1.82, 2.24) is 0 Å². The third-order valence-electron chi connectivity index (χ3n) is 2.47. The molecule has 0 aliphatic rings. The molecular weight excluding hydrogens is 280 g/mol. The summed E-state index contributed by atoms with van der Waals surface area (Å²) in [7, 11) is 1.64. The van der Waals surface area contributed by atoms with Gasteiger partial charge in [-0.3, -0.25) is 0 Å². The summed E-state index contributed by atoms with van der Waals surface area (Å²) in [5.41, 5.74) is 1.34. The van der Waals surface area contributed by atoms with Gasteiger partial charge in [-0.05, 0) is 18.2 Å². The second-order valence-electron chi connectivity index (χ2n) is 3.95. The van der Waals surface area contributed by atoms with Gasteiger partial charge in [-0.25, -0.2) is 0 Å². The highest BCUT2D eigenvalue weighted by molar-refractivity contribution is 6.32. The fraction of sp³-hybridized carbons (Fsp3) is 0.500. The summed E-state index contributed by atoms with van der Waals surface area (Å²) >= 11 is 5.93. The van der Waals surface area contributed by atoms with Gasteiger partial charge in [-0.15, -0.1) is 0 Å². The third kappa shape index (κ3) is 6.73. The van der Waals surface area contributed by atoms with E-state index in [0.29, 0.717) is 50.2 Å². The molecule has 0 heterocycles. The summed E-state index contributed by atoms with van der Waals surface area (Å²) in [5.74, 6) is 0. The van der Waals surface area contributed by atoms with E-state index < -0.39 is 0 Å². The van der Waals surface area contributed by atoms with Gasteiger partial charge in [0, 0.05) is 19.3 Å². The van der Waals surface area contributed by atoms with Gasteiger partial charge in [0.25, 0.3) is 0 Å². The molecule has 0 saturated heterocycles. The molecule has 0 atom stereocenters. The van der Waals surface area contributed by atoms with Gasteiger partial charge in [0.15, 0.2) is 0 Å². The summed E-state index contributed by atoms with van der Waals surface area (Å²) in [6, 6.07) is 7.26. The lowest BCUT2D eigenvalue weighted by atomic mass is 10.2. The van der Waals surface area contributed by atoms with Gasteiger partial charge in [0.2, 0.25) is 0 Å². The molecule has 0 spiro atoms. The van der Waals surface area contributed by atoms with Crippen LogP contribution in [0.1, 0.15) is 5.56 Å². The summed E-state index contributed by atoms with van der Waals surface area (Å²) < 4.78 is 15.5. The maximum Gasteiger partial charge on any atom is 0.101 e. The van der Waals surface area contributed by atoms with E-state index in [1.807, 2.05) is 12.1 Å². The smallest absolute Gasteiger partial charge is 0.101 e. The predicted molar refractivity (Wildman–Crippen MR) is 78.2 cm³/mol. The average Bonchev–Trinajstić information content (AvgIpc) is 2.46. The molecule has 1 rings (SSSR count). The van der Waals surface area contributed by atoms with Crippen LogP contribution in [0.3, 0.4) is 0 Å². The Hall–Kier alpha value is -1.32. The molecule has 6 heteroatoms. The van der Waals surface area contributed by atoms with E-state index >= 15 is 0 Å². The fourth-order valence-electron chi connectivity index (χ4n) is 1.45. The number of methoxy groups -OCH3 is 1. The summed E-state index contributed by atoms with van der Waals surface area (Å²) in [4.78, 5) is 0. The number of ether oxygens (including phenoxy) is 3. The van der Waals surface area contributed by atoms with Crippen molar-refractivity contribution in [2.45, 2.75) is 0 Å². The SMILES string of the molecule is COCCOCCOCCNc1ccc(C#N)c(Cl)c1. The highest BCUT2D eigenvalue weighted by Crippen LogP contribution is 2.19. The van der Waals surface area contributed by atoms with Crippen LogP contribution in [0.25, 0.3) is 0 Å². The summed E-state index contributed by atoms with van der Waals surface area (Å²) in [5, 5.41) is 12.4. The summed E-state index contributed by atoms with van der Waals surface area (Å²) in [6.45, 7) is 3.54. The number of hydrogen-bond acceptors (Lipinski definition) is 5. The molecular formula is C14H19ClN2O3. The van der Waals surface area contributed by atoms with Crippen molar-refractivity contribution in [3.05, 3.63) is 28.8 Å². The van der Waals surface area contributed by atoms with E-state index in [1.165, 1.54) is 0 Å². The number of nitrogens with one attached hydrogen (secondary N) is 1. The van der Waals surface area contributed by atoms with Crippen molar-refractivity contribution in [3.8, 4) is 6.07 Å². The second kappa shape index (κ2) is 10.5. The molecule has 5 nitrogen and oxygen atoms in total. The van der Waals surface area contributed by atoms with Crippen LogP contribution in [0.15, 0.2) is 18.2 Å². The molecule has 20 heavy (non-hydrogen) atoms. The first-order chi connectivity index (χ1) is 9.77. The van der Waals surface area contributed by atoms with Gasteiger partial charge in [0.05, 0.1) is 43.6 Å². The molecule has 0 saturated carbocycles. The van der Waals surface area contributed by atoms with E-state index in [-0.39, 0.29) is 0 Å². The van der Waals surface area contributed by atoms with Crippen molar-refractivity contribution in [2.24, 2.45) is 0 Å². The zero-order valence-electron chi connectivity index (χ0n) is 11.5. The predicted octanol–water partition coefficient (Wildman–Crippen LogP) is 2.30. The number of hydrogen-bond donors (Lipinski definition) is 1. The van der Waals surface area contributed by atoms with Crippen molar-refractivity contribution in [2.75, 3.05) is 52.0 Å². The van der Waals surface area contributed by atoms with Crippen LogP contribution in [-0.4, -0.2) is 46.7 Å². The quantitative estimate of drug-likeness (QED) is 0.672. The molecule has 1 N–H and O–H groups in total. The van der Waals surface area contributed by atoms with Crippen LogP contribution in [0.4, 0.5) is 5.69 Å². The van der Waals surface area contributed by atoms with E-state index in [1.54, 1.807) is 19.2 Å². The Balaban J connectivity index is 2.07. The van der Waals surface area contributed by atoms with Gasteiger partial charge < -0.3 is 19.5 Å². The Morgan fingerprint density at radius 1 is 1.15 bits per heavy atom. The first kappa shape index (κ1) is 16.7. The Morgan fingerprint density at radius 2 is 1.85 bits per heavy atom. The van der Waals surface area contributed by atoms with E-state index in [0.717, 1.165) is 5.69 Å². The number of benzene rings is 1. The van der Waals surface area contributed by atoms with Gasteiger partial charge in [-0.1, -0.05) is 11.6 Å². The molecule has 0 radical (unpaired) electrons. The van der Waals surface area contributed by atoms with Crippen molar-refractivity contribution in [3.63, 3.8) is 0 Å². The minimum atomic E-state index is 0.449. The van der Waals surface area contributed by atoms with Crippen LogP contribution < -0.4 is 5.32 Å². The van der Waals surface area contributed by atoms with Gasteiger partial charge >= 0.3 is 0 Å². The minimum Gasteiger partial charge on any atom is -0.383 e. The molecule has 0 bridgehead atoms. The standard InChI is InChI=1S/C14H19ClN2O3/c1-18-6-7-20-9-8-19-5-4-17-13-3-2-12(11-16)14(15)10-13/h2-3,10,17H,4-9H2,1H3. The molecule has 110 valence electrons. The summed E-state index contributed by atoms with van der Waals surface area (Å²) in [6.07, 6.45) is 0. The van der Waals surface area contributed by atoms with Crippen molar-refractivity contribution >= 4 is 17.3 Å². The monoisotopic (exact) mass is 298 g/mol. The third-order valence-corrected chi connectivity index (χ3v) is 2.78. The van der Waals surface area contributed by atoms with Gasteiger partial charge in [-0.2, -0.15) is 5.26 Å². The maximum atomic E-state index is 8.77. The zero-order valence-corrected chi connectivity index (χ0v) is 12.3. The minimum absolute atomic E-state index is 0.449. The Kier molecular flexibility index (Phi) is 8.76. The normalized spacial score (nSPS) is 10.2. The first-order valence-electron chi connectivity index (χ1n) is 6.36. The van der Waals surface area contributed by atoms with Crippen LogP contribution in [0, 0.1) is 11.3 Å². The number of nitrogens with zero attached hydrogens (tertiary/aromatic N) is 1. The highest BCUT2D eigenvalue weighted by Gasteiger charge is 2.00. The second-order valence-corrected chi connectivity index (χ2v) is 4.36. The van der Waals surface area contributed by atoms with E-state index in [4.69, 9.17) is 31.1 Å². The first-order valence-corrected chi connectivity index (χ1v) is 6.73. The van der Waals surface area contributed by atoms with Crippen LogP contribution in [0.2, 0.25) is 5.02 Å². The lowest BCUT2D eigenvalue weighted by Crippen LogP contribution is -2.13. The molecule has 0 aliphatic heterocycles. The topological polar surface area (TPSA) is 63.5 Å². The molecule has 0 amide bonds. The zero-order chi connectivity index (χ0) is 14.6. The highest BCUT2D eigenvalue weighted by atomic mass is 35.5. The molecule has 1 aromatic carbocycles. The fourth-order valence-corrected chi connectivity index (χ4v) is 1.67. The van der Waals surface area contributed by atoms with Crippen LogP contribution in [0.5, 0.6) is 0 Å². The molecule has 1 aromatic rings.